The Kier molecular flexibility index (Phi) is 7.24. The van der Waals surface area contributed by atoms with Gasteiger partial charge in [-0.3, -0.25) is 0 Å². The van der Waals surface area contributed by atoms with Crippen LogP contribution in [0, 0.1) is 0 Å². The number of methoxy groups -OCH3 is 2. The lowest BCUT2D eigenvalue weighted by atomic mass is 10.2. The normalized spacial score (nSPS) is 10.4. The van der Waals surface area contributed by atoms with Crippen molar-refractivity contribution in [1.82, 2.24) is 0 Å². The van der Waals surface area contributed by atoms with Gasteiger partial charge in [0.05, 0.1) is 14.2 Å². The maximum Gasteiger partial charge on any atom is 0.331 e. The minimum Gasteiger partial charge on any atom is -0.496 e. The molecule has 26 heavy (non-hydrogen) atoms. The van der Waals surface area contributed by atoms with Crippen molar-refractivity contribution < 1.29 is 28.5 Å². The molecule has 6 heteroatoms. The van der Waals surface area contributed by atoms with Crippen molar-refractivity contribution >= 4 is 11.9 Å². The highest BCUT2D eigenvalue weighted by Gasteiger charge is 2.07. The maximum absolute atomic E-state index is 11.7. The third-order valence-electron chi connectivity index (χ3n) is 3.48. The molecule has 0 saturated carbocycles. The zero-order valence-corrected chi connectivity index (χ0v) is 14.6. The summed E-state index contributed by atoms with van der Waals surface area (Å²) in [6.07, 6.45) is 2.06. The summed E-state index contributed by atoms with van der Waals surface area (Å²) >= 11 is 0. The summed E-state index contributed by atoms with van der Waals surface area (Å²) in [5.74, 6) is -0.0451. The zero-order chi connectivity index (χ0) is 18.8. The molecule has 0 aliphatic heterocycles. The van der Waals surface area contributed by atoms with Gasteiger partial charge in [0.25, 0.3) is 0 Å². The Balaban J connectivity index is 1.81. The topological polar surface area (TPSA) is 71.1 Å². The molecule has 0 amide bonds. The molecular weight excluding hydrogens is 336 g/mol. The van der Waals surface area contributed by atoms with E-state index in [4.69, 9.17) is 18.9 Å². The van der Waals surface area contributed by atoms with Gasteiger partial charge >= 0.3 is 11.9 Å². The molecule has 0 radical (unpaired) electrons. The molecule has 136 valence electrons. The maximum atomic E-state index is 11.7. The number of hydrogen-bond acceptors (Lipinski definition) is 6. The average molecular weight is 356 g/mol. The first kappa shape index (κ1) is 19.1. The van der Waals surface area contributed by atoms with E-state index in [0.717, 1.165) is 23.3 Å². The largest absolute Gasteiger partial charge is 0.496 e. The Bertz CT molecular complexity index is 716. The van der Waals surface area contributed by atoms with Gasteiger partial charge in [0, 0.05) is 23.3 Å². The van der Waals surface area contributed by atoms with Crippen LogP contribution in [0.4, 0.5) is 0 Å². The molecule has 0 unspecified atom stereocenters. The van der Waals surface area contributed by atoms with E-state index in [9.17, 15) is 9.59 Å². The summed E-state index contributed by atoms with van der Waals surface area (Å²) in [5.41, 5.74) is 1.46. The van der Waals surface area contributed by atoms with Crippen LogP contribution in [0.2, 0.25) is 0 Å². The van der Waals surface area contributed by atoms with Crippen LogP contribution in [0.3, 0.4) is 0 Å². The van der Waals surface area contributed by atoms with Gasteiger partial charge in [0.1, 0.15) is 24.7 Å². The SMILES string of the molecule is COc1ccccc1COC(=O)/C=C/C(=O)OCc1ccccc1OC. The van der Waals surface area contributed by atoms with E-state index in [-0.39, 0.29) is 13.2 Å². The van der Waals surface area contributed by atoms with Gasteiger partial charge in [-0.1, -0.05) is 36.4 Å². The van der Waals surface area contributed by atoms with E-state index in [0.29, 0.717) is 11.5 Å². The smallest absolute Gasteiger partial charge is 0.331 e. The summed E-state index contributed by atoms with van der Waals surface area (Å²) in [6, 6.07) is 14.4. The Hall–Kier alpha value is -3.28. The first-order valence-electron chi connectivity index (χ1n) is 7.89. The van der Waals surface area contributed by atoms with Crippen molar-refractivity contribution in [2.24, 2.45) is 0 Å². The quantitative estimate of drug-likeness (QED) is 0.535. The Morgan fingerprint density at radius 1 is 0.731 bits per heavy atom. The van der Waals surface area contributed by atoms with Crippen molar-refractivity contribution in [3.63, 3.8) is 0 Å². The average Bonchev–Trinajstić information content (AvgIpc) is 2.69. The molecule has 2 rings (SSSR count). The second-order valence-corrected chi connectivity index (χ2v) is 5.17. The van der Waals surface area contributed by atoms with E-state index < -0.39 is 11.9 Å². The van der Waals surface area contributed by atoms with Crippen molar-refractivity contribution in [3.8, 4) is 11.5 Å². The molecule has 0 aromatic heterocycles. The Labute approximate surface area is 151 Å². The number of para-hydroxylation sites is 2. The Morgan fingerprint density at radius 3 is 1.50 bits per heavy atom. The molecule has 2 aromatic carbocycles. The van der Waals surface area contributed by atoms with Crippen LogP contribution < -0.4 is 9.47 Å². The second-order valence-electron chi connectivity index (χ2n) is 5.17. The van der Waals surface area contributed by atoms with Crippen LogP contribution in [0.1, 0.15) is 11.1 Å². The molecule has 0 aliphatic carbocycles. The molecule has 0 heterocycles. The Morgan fingerprint density at radius 2 is 1.12 bits per heavy atom. The summed E-state index contributed by atoms with van der Waals surface area (Å²) in [4.78, 5) is 23.4. The molecule has 0 spiro atoms. The van der Waals surface area contributed by atoms with E-state index in [1.54, 1.807) is 24.3 Å². The summed E-state index contributed by atoms with van der Waals surface area (Å²) in [7, 11) is 3.08. The van der Waals surface area contributed by atoms with Crippen LogP contribution in [0.15, 0.2) is 60.7 Å². The highest BCUT2D eigenvalue weighted by Crippen LogP contribution is 2.19. The van der Waals surface area contributed by atoms with Gasteiger partial charge in [-0.25, -0.2) is 9.59 Å². The fourth-order valence-corrected chi connectivity index (χ4v) is 2.17. The second kappa shape index (κ2) is 9.88. The number of hydrogen-bond donors (Lipinski definition) is 0. The molecule has 0 N–H and O–H groups in total. The number of esters is 2. The minimum atomic E-state index is -0.648. The van der Waals surface area contributed by atoms with E-state index in [2.05, 4.69) is 0 Å². The predicted molar refractivity (Wildman–Crippen MR) is 94.7 cm³/mol. The number of carbonyl (C=O) groups excluding carboxylic acids is 2. The van der Waals surface area contributed by atoms with Crippen LogP contribution in [-0.2, 0) is 32.3 Å². The van der Waals surface area contributed by atoms with Crippen molar-refractivity contribution in [2.75, 3.05) is 14.2 Å². The third kappa shape index (κ3) is 5.66. The number of carbonyl (C=O) groups is 2. The molecule has 2 aromatic rings. The summed E-state index contributed by atoms with van der Waals surface area (Å²) in [5, 5.41) is 0. The zero-order valence-electron chi connectivity index (χ0n) is 14.6. The number of rotatable bonds is 8. The highest BCUT2D eigenvalue weighted by molar-refractivity contribution is 5.91. The van der Waals surface area contributed by atoms with Crippen LogP contribution >= 0.6 is 0 Å². The molecule has 6 nitrogen and oxygen atoms in total. The van der Waals surface area contributed by atoms with Crippen molar-refractivity contribution in [1.29, 1.82) is 0 Å². The first-order chi connectivity index (χ1) is 12.6. The van der Waals surface area contributed by atoms with Gasteiger partial charge in [-0.15, -0.1) is 0 Å². The first-order valence-corrected chi connectivity index (χ1v) is 7.89. The summed E-state index contributed by atoms with van der Waals surface area (Å²) < 4.78 is 20.5. The fraction of sp³-hybridized carbons (Fsp3) is 0.200. The molecular formula is C20H20O6. The molecule has 0 saturated heterocycles. The van der Waals surface area contributed by atoms with E-state index in [1.165, 1.54) is 14.2 Å². The van der Waals surface area contributed by atoms with Gasteiger partial charge in [0.2, 0.25) is 0 Å². The van der Waals surface area contributed by atoms with Gasteiger partial charge in [0.15, 0.2) is 0 Å². The van der Waals surface area contributed by atoms with Gasteiger partial charge < -0.3 is 18.9 Å². The fourth-order valence-electron chi connectivity index (χ4n) is 2.17. The molecule has 0 bridgehead atoms. The molecule has 0 aliphatic rings. The number of ether oxygens (including phenoxy) is 4. The lowest BCUT2D eigenvalue weighted by Crippen LogP contribution is -2.05. The minimum absolute atomic E-state index is 0.0451. The van der Waals surface area contributed by atoms with Crippen LogP contribution in [0.25, 0.3) is 0 Å². The molecule has 0 atom stereocenters. The summed E-state index contributed by atoms with van der Waals surface area (Å²) in [6.45, 7) is 0.0902. The lowest BCUT2D eigenvalue weighted by molar-refractivity contribution is -0.141. The van der Waals surface area contributed by atoms with Crippen LogP contribution in [-0.4, -0.2) is 26.2 Å². The van der Waals surface area contributed by atoms with Crippen molar-refractivity contribution in [2.45, 2.75) is 13.2 Å². The standard InChI is InChI=1S/C20H20O6/c1-23-17-9-5-3-7-15(17)13-25-19(21)11-12-20(22)26-14-16-8-4-6-10-18(16)24-2/h3-12H,13-14H2,1-2H3/b12-11+. The number of benzene rings is 2. The van der Waals surface area contributed by atoms with E-state index >= 15 is 0 Å². The van der Waals surface area contributed by atoms with Crippen LogP contribution in [0.5, 0.6) is 11.5 Å². The van der Waals surface area contributed by atoms with Gasteiger partial charge in [-0.05, 0) is 12.1 Å². The monoisotopic (exact) mass is 356 g/mol. The van der Waals surface area contributed by atoms with Crippen molar-refractivity contribution in [3.05, 3.63) is 71.8 Å². The van der Waals surface area contributed by atoms with Gasteiger partial charge in [-0.2, -0.15) is 0 Å². The van der Waals surface area contributed by atoms with E-state index in [1.807, 2.05) is 24.3 Å². The predicted octanol–water partition coefficient (Wildman–Crippen LogP) is 3.05. The lowest BCUT2D eigenvalue weighted by Gasteiger charge is -2.08. The molecule has 0 fully saturated rings. The highest BCUT2D eigenvalue weighted by atomic mass is 16.5. The third-order valence-corrected chi connectivity index (χ3v) is 3.48.